The molecule has 0 radical (unpaired) electrons. The first-order valence-corrected chi connectivity index (χ1v) is 14.1. The normalized spacial score (nSPS) is 25.3. The summed E-state index contributed by atoms with van der Waals surface area (Å²) in [7, 11) is 0. The fourth-order valence-electron chi connectivity index (χ4n) is 6.45. The Morgan fingerprint density at radius 1 is 1.11 bits per heavy atom. The molecule has 1 aromatic heterocycles. The third-order valence-electron chi connectivity index (χ3n) is 8.52. The van der Waals surface area contributed by atoms with Crippen molar-refractivity contribution in [2.75, 3.05) is 11.9 Å². The van der Waals surface area contributed by atoms with Gasteiger partial charge >= 0.3 is 0 Å². The summed E-state index contributed by atoms with van der Waals surface area (Å²) in [5.41, 5.74) is 2.70. The summed E-state index contributed by atoms with van der Waals surface area (Å²) in [4.78, 5) is 50.7. The minimum absolute atomic E-state index is 0.00398. The summed E-state index contributed by atoms with van der Waals surface area (Å²) < 4.78 is 0. The minimum Gasteiger partial charge on any atom is -0.328 e. The van der Waals surface area contributed by atoms with E-state index >= 15 is 0 Å². The van der Waals surface area contributed by atoms with Gasteiger partial charge in [0.15, 0.2) is 0 Å². The fraction of sp³-hybridized carbons (Fsp3) is 0.567. The zero-order valence-corrected chi connectivity index (χ0v) is 22.6. The Kier molecular flexibility index (Phi) is 7.50. The molecule has 2 bridgehead atoms. The lowest BCUT2D eigenvalue weighted by Gasteiger charge is -2.36. The molecule has 2 aliphatic carbocycles. The highest BCUT2D eigenvalue weighted by Crippen LogP contribution is 2.40. The number of amides is 3. The molecule has 1 atom stereocenters. The standard InChI is InChI=1S/C30H39N5O3/c1-3-24-28(38)35(30(34-24)13-6-4-5-7-14-30)20-26(37)32-23-11-10-21-12-15-29(2,18-23)19-25(36)33-27-22(17-21)9-8-16-31-27/h8-11,16H,3-7,12-15,17-20H2,1-2H3,(H,32,37)(H,31,33,36). The molecule has 0 saturated heterocycles. The fourth-order valence-corrected chi connectivity index (χ4v) is 6.45. The van der Waals surface area contributed by atoms with Gasteiger partial charge in [-0.1, -0.05) is 44.4 Å². The summed E-state index contributed by atoms with van der Waals surface area (Å²) in [5, 5.41) is 6.13. The number of rotatable bonds is 4. The quantitative estimate of drug-likeness (QED) is 0.597. The number of nitrogens with one attached hydrogen (secondary N) is 2. The van der Waals surface area contributed by atoms with Crippen LogP contribution in [0.5, 0.6) is 0 Å². The van der Waals surface area contributed by atoms with Crippen LogP contribution in [0.4, 0.5) is 5.82 Å². The molecule has 8 heteroatoms. The Labute approximate surface area is 225 Å². The van der Waals surface area contributed by atoms with Gasteiger partial charge in [0.25, 0.3) is 5.91 Å². The van der Waals surface area contributed by atoms with Crippen molar-refractivity contribution in [3.05, 3.63) is 47.3 Å². The number of fused-ring (bicyclic) bond motifs is 4. The zero-order chi connectivity index (χ0) is 26.8. The van der Waals surface area contributed by atoms with Crippen LogP contribution < -0.4 is 10.6 Å². The highest BCUT2D eigenvalue weighted by molar-refractivity contribution is 6.40. The van der Waals surface area contributed by atoms with Gasteiger partial charge in [-0.15, -0.1) is 0 Å². The maximum absolute atomic E-state index is 13.4. The largest absolute Gasteiger partial charge is 0.328 e. The number of anilines is 1. The lowest BCUT2D eigenvalue weighted by Crippen LogP contribution is -2.51. The van der Waals surface area contributed by atoms with Gasteiger partial charge in [-0.25, -0.2) is 4.98 Å². The van der Waals surface area contributed by atoms with Crippen LogP contribution in [0.2, 0.25) is 0 Å². The van der Waals surface area contributed by atoms with Crippen molar-refractivity contribution >= 4 is 29.3 Å². The van der Waals surface area contributed by atoms with Gasteiger partial charge in [-0.05, 0) is 80.9 Å². The van der Waals surface area contributed by atoms with E-state index in [0.29, 0.717) is 37.2 Å². The first-order chi connectivity index (χ1) is 18.3. The average Bonchev–Trinajstić information content (AvgIpc) is 3.01. The number of nitrogens with zero attached hydrogens (tertiary/aromatic N) is 3. The minimum atomic E-state index is -0.580. The van der Waals surface area contributed by atoms with Gasteiger partial charge in [-0.2, -0.15) is 0 Å². The average molecular weight is 518 g/mol. The molecule has 2 N–H and O–H groups in total. The topological polar surface area (TPSA) is 104 Å². The number of hydrogen-bond donors (Lipinski definition) is 2. The lowest BCUT2D eigenvalue weighted by molar-refractivity contribution is -0.135. The van der Waals surface area contributed by atoms with Crippen molar-refractivity contribution in [1.29, 1.82) is 0 Å². The second kappa shape index (κ2) is 10.8. The van der Waals surface area contributed by atoms with Crippen molar-refractivity contribution in [3.63, 3.8) is 0 Å². The van der Waals surface area contributed by atoms with E-state index in [1.54, 1.807) is 11.1 Å². The number of allylic oxidation sites excluding steroid dienone is 4. The highest BCUT2D eigenvalue weighted by Gasteiger charge is 2.46. The molecule has 3 heterocycles. The zero-order valence-electron chi connectivity index (χ0n) is 22.6. The van der Waals surface area contributed by atoms with E-state index in [0.717, 1.165) is 62.6 Å². The van der Waals surface area contributed by atoms with Gasteiger partial charge < -0.3 is 15.5 Å². The van der Waals surface area contributed by atoms with Crippen LogP contribution in [0.1, 0.15) is 90.0 Å². The van der Waals surface area contributed by atoms with Crippen LogP contribution in [-0.2, 0) is 20.8 Å². The predicted molar refractivity (Wildman–Crippen MR) is 147 cm³/mol. The van der Waals surface area contributed by atoms with E-state index in [4.69, 9.17) is 4.99 Å². The predicted octanol–water partition coefficient (Wildman–Crippen LogP) is 4.83. The molecule has 38 heavy (non-hydrogen) atoms. The maximum Gasteiger partial charge on any atom is 0.270 e. The van der Waals surface area contributed by atoms with Crippen LogP contribution in [0.25, 0.3) is 0 Å². The highest BCUT2D eigenvalue weighted by atomic mass is 16.2. The second-order valence-corrected chi connectivity index (χ2v) is 11.7. The molecule has 1 unspecified atom stereocenters. The molecule has 1 aromatic rings. The number of pyridine rings is 1. The number of hydrogen-bond acceptors (Lipinski definition) is 5. The molecule has 4 aliphatic rings. The third kappa shape index (κ3) is 5.59. The van der Waals surface area contributed by atoms with Gasteiger partial charge in [0, 0.05) is 18.3 Å². The summed E-state index contributed by atoms with van der Waals surface area (Å²) >= 11 is 0. The molecular weight excluding hydrogens is 478 g/mol. The van der Waals surface area contributed by atoms with Crippen molar-refractivity contribution in [2.45, 2.75) is 96.6 Å². The Hall–Kier alpha value is -3.29. The van der Waals surface area contributed by atoms with Crippen molar-refractivity contribution < 1.29 is 14.4 Å². The SMILES string of the molecule is CCC1=NC2(CCCCCC2)N(CC(=O)NC2=CC=C3CCC(C)(CC(=O)Nc4ncccc4C3)C2)C1=O. The van der Waals surface area contributed by atoms with E-state index in [1.807, 2.05) is 25.1 Å². The van der Waals surface area contributed by atoms with E-state index in [1.165, 1.54) is 5.57 Å². The van der Waals surface area contributed by atoms with Crippen molar-refractivity contribution in [3.8, 4) is 0 Å². The Bertz CT molecular complexity index is 1210. The van der Waals surface area contributed by atoms with Gasteiger partial charge in [0.05, 0.1) is 0 Å². The Balaban J connectivity index is 1.37. The summed E-state index contributed by atoms with van der Waals surface area (Å²) in [6.07, 6.45) is 15.6. The van der Waals surface area contributed by atoms with Gasteiger partial charge in [0.1, 0.15) is 23.7 Å². The third-order valence-corrected chi connectivity index (χ3v) is 8.52. The molecule has 1 spiro atoms. The second-order valence-electron chi connectivity index (χ2n) is 11.7. The van der Waals surface area contributed by atoms with E-state index in [9.17, 15) is 14.4 Å². The van der Waals surface area contributed by atoms with Crippen LogP contribution >= 0.6 is 0 Å². The summed E-state index contributed by atoms with van der Waals surface area (Å²) in [5.74, 6) is 0.259. The molecule has 1 fully saturated rings. The number of aliphatic imine (C=N–C) groups is 1. The Morgan fingerprint density at radius 3 is 2.66 bits per heavy atom. The first kappa shape index (κ1) is 26.3. The van der Waals surface area contributed by atoms with Gasteiger partial charge in [-0.3, -0.25) is 19.4 Å². The molecule has 8 nitrogen and oxygen atoms in total. The first-order valence-electron chi connectivity index (χ1n) is 14.1. The monoisotopic (exact) mass is 517 g/mol. The van der Waals surface area contributed by atoms with E-state index < -0.39 is 5.66 Å². The van der Waals surface area contributed by atoms with Crippen LogP contribution in [0, 0.1) is 5.41 Å². The molecule has 3 amide bonds. The van der Waals surface area contributed by atoms with Crippen LogP contribution in [0.3, 0.4) is 0 Å². The van der Waals surface area contributed by atoms with Crippen LogP contribution in [-0.4, -0.2) is 45.5 Å². The maximum atomic E-state index is 13.4. The lowest BCUT2D eigenvalue weighted by atomic mass is 9.75. The van der Waals surface area contributed by atoms with Crippen molar-refractivity contribution in [1.82, 2.24) is 15.2 Å². The number of aromatic nitrogens is 1. The van der Waals surface area contributed by atoms with E-state index in [2.05, 4.69) is 28.6 Å². The summed E-state index contributed by atoms with van der Waals surface area (Å²) in [6, 6.07) is 3.89. The molecule has 0 aromatic carbocycles. The summed E-state index contributed by atoms with van der Waals surface area (Å²) in [6.45, 7) is 4.06. The molecule has 5 rings (SSSR count). The molecule has 1 saturated carbocycles. The number of carbonyl (C=O) groups is 3. The molecule has 2 aliphatic heterocycles. The molecular formula is C30H39N5O3. The van der Waals surface area contributed by atoms with Crippen molar-refractivity contribution in [2.24, 2.45) is 10.4 Å². The number of carbonyl (C=O) groups excluding carboxylic acids is 3. The van der Waals surface area contributed by atoms with Gasteiger partial charge in [0.2, 0.25) is 11.8 Å². The molecule has 202 valence electrons. The van der Waals surface area contributed by atoms with E-state index in [-0.39, 0.29) is 29.7 Å². The van der Waals surface area contributed by atoms with Crippen LogP contribution in [0.15, 0.2) is 46.7 Å². The smallest absolute Gasteiger partial charge is 0.270 e. The Morgan fingerprint density at radius 2 is 1.89 bits per heavy atom.